The number of carbonyl (C=O) groups is 2. The normalized spacial score (nSPS) is 12.5. The molecule has 1 heterocycles. The second kappa shape index (κ2) is 7.31. The first-order chi connectivity index (χ1) is 10.9. The second-order valence-corrected chi connectivity index (χ2v) is 6.45. The van der Waals surface area contributed by atoms with E-state index in [1.54, 1.807) is 0 Å². The summed E-state index contributed by atoms with van der Waals surface area (Å²) >= 11 is 0. The number of rotatable bonds is 7. The summed E-state index contributed by atoms with van der Waals surface area (Å²) < 4.78 is 0. The molecule has 2 aromatic rings. The molecular formula is C18H24N2O3. The van der Waals surface area contributed by atoms with Gasteiger partial charge >= 0.3 is 5.97 Å². The van der Waals surface area contributed by atoms with Gasteiger partial charge in [-0.05, 0) is 43.4 Å². The predicted molar refractivity (Wildman–Crippen MR) is 90.4 cm³/mol. The van der Waals surface area contributed by atoms with E-state index in [1.165, 1.54) is 5.56 Å². The minimum absolute atomic E-state index is 0.216. The molecule has 0 aliphatic rings. The van der Waals surface area contributed by atoms with Gasteiger partial charge in [-0.3, -0.25) is 4.79 Å². The maximum absolute atomic E-state index is 12.1. The second-order valence-electron chi connectivity index (χ2n) is 6.45. The molecular weight excluding hydrogens is 292 g/mol. The van der Waals surface area contributed by atoms with E-state index in [4.69, 9.17) is 0 Å². The summed E-state index contributed by atoms with van der Waals surface area (Å²) in [5.74, 6) is -0.984. The van der Waals surface area contributed by atoms with Crippen molar-refractivity contribution >= 4 is 22.8 Å². The van der Waals surface area contributed by atoms with E-state index in [0.717, 1.165) is 16.5 Å². The van der Waals surface area contributed by atoms with Crippen LogP contribution in [0.2, 0.25) is 0 Å². The number of aliphatic carboxylic acids is 1. The Kier molecular flexibility index (Phi) is 5.42. The van der Waals surface area contributed by atoms with Gasteiger partial charge in [-0.2, -0.15) is 0 Å². The lowest BCUT2D eigenvalue weighted by Gasteiger charge is -2.16. The summed E-state index contributed by atoms with van der Waals surface area (Å²) in [6, 6.07) is 5.35. The summed E-state index contributed by atoms with van der Waals surface area (Å²) in [4.78, 5) is 26.4. The van der Waals surface area contributed by atoms with Gasteiger partial charge in [0.25, 0.3) is 0 Å². The number of nitrogens with one attached hydrogen (secondary N) is 2. The Bertz CT molecular complexity index is 703. The highest BCUT2D eigenvalue weighted by molar-refractivity contribution is 5.86. The van der Waals surface area contributed by atoms with Crippen molar-refractivity contribution in [1.29, 1.82) is 0 Å². The van der Waals surface area contributed by atoms with Gasteiger partial charge in [-0.25, -0.2) is 4.79 Å². The van der Waals surface area contributed by atoms with E-state index in [1.807, 2.05) is 39.1 Å². The lowest BCUT2D eigenvalue weighted by molar-refractivity contribution is -0.142. The molecule has 5 nitrogen and oxygen atoms in total. The van der Waals surface area contributed by atoms with E-state index in [9.17, 15) is 14.7 Å². The molecule has 1 amide bonds. The maximum atomic E-state index is 12.1. The highest BCUT2D eigenvalue weighted by atomic mass is 16.4. The Balaban J connectivity index is 1.97. The average Bonchev–Trinajstić information content (AvgIpc) is 2.86. The number of H-pyrrole nitrogens is 1. The van der Waals surface area contributed by atoms with Crippen LogP contribution in [0.25, 0.3) is 10.9 Å². The summed E-state index contributed by atoms with van der Waals surface area (Å²) in [5, 5.41) is 12.9. The van der Waals surface area contributed by atoms with Crippen molar-refractivity contribution < 1.29 is 14.7 Å². The van der Waals surface area contributed by atoms with Gasteiger partial charge in [-0.15, -0.1) is 0 Å². The van der Waals surface area contributed by atoms with Crippen molar-refractivity contribution in [3.05, 3.63) is 35.5 Å². The number of hydrogen-bond donors (Lipinski definition) is 3. The maximum Gasteiger partial charge on any atom is 0.326 e. The molecule has 0 aliphatic carbocycles. The van der Waals surface area contributed by atoms with Crippen LogP contribution in [0, 0.1) is 12.8 Å². The molecule has 0 unspecified atom stereocenters. The van der Waals surface area contributed by atoms with Crippen molar-refractivity contribution in [1.82, 2.24) is 10.3 Å². The molecule has 0 spiro atoms. The first kappa shape index (κ1) is 17.1. The Morgan fingerprint density at radius 3 is 2.70 bits per heavy atom. The van der Waals surface area contributed by atoms with E-state index >= 15 is 0 Å². The Labute approximate surface area is 136 Å². The van der Waals surface area contributed by atoms with Crippen molar-refractivity contribution in [2.45, 2.75) is 46.1 Å². The third-order valence-electron chi connectivity index (χ3n) is 3.88. The van der Waals surface area contributed by atoms with Crippen LogP contribution in [0.3, 0.4) is 0 Å². The molecule has 124 valence electrons. The van der Waals surface area contributed by atoms with Gasteiger partial charge in [0.05, 0.1) is 0 Å². The highest BCUT2D eigenvalue weighted by Crippen LogP contribution is 2.20. The number of fused-ring (bicyclic) bond motifs is 1. The molecule has 23 heavy (non-hydrogen) atoms. The fourth-order valence-corrected chi connectivity index (χ4v) is 2.71. The zero-order valence-corrected chi connectivity index (χ0v) is 13.8. The lowest BCUT2D eigenvalue weighted by atomic mass is 10.0. The van der Waals surface area contributed by atoms with E-state index in [-0.39, 0.29) is 18.2 Å². The summed E-state index contributed by atoms with van der Waals surface area (Å²) in [5.41, 5.74) is 3.30. The minimum atomic E-state index is -0.977. The fraction of sp³-hybridized carbons (Fsp3) is 0.444. The molecule has 5 heteroatoms. The number of benzene rings is 1. The predicted octanol–water partition coefficient (Wildman–Crippen LogP) is 3.02. The molecule has 0 aliphatic heterocycles. The van der Waals surface area contributed by atoms with Crippen LogP contribution in [-0.4, -0.2) is 28.0 Å². The lowest BCUT2D eigenvalue weighted by Crippen LogP contribution is -2.41. The van der Waals surface area contributed by atoms with Gasteiger partial charge in [0, 0.05) is 23.5 Å². The van der Waals surface area contributed by atoms with Crippen LogP contribution in [0.1, 0.15) is 37.8 Å². The van der Waals surface area contributed by atoms with Crippen LogP contribution >= 0.6 is 0 Å². The summed E-state index contributed by atoms with van der Waals surface area (Å²) in [6.07, 6.45) is 3.22. The number of carbonyl (C=O) groups excluding carboxylic acids is 1. The fourth-order valence-electron chi connectivity index (χ4n) is 2.71. The molecule has 1 aromatic carbocycles. The number of aromatic amines is 1. The van der Waals surface area contributed by atoms with Crippen LogP contribution in [0.5, 0.6) is 0 Å². The van der Waals surface area contributed by atoms with Gasteiger partial charge in [0.1, 0.15) is 6.04 Å². The molecule has 3 N–H and O–H groups in total. The molecule has 0 saturated carbocycles. The Hall–Kier alpha value is -2.30. The number of hydrogen-bond acceptors (Lipinski definition) is 2. The van der Waals surface area contributed by atoms with Crippen LogP contribution < -0.4 is 5.32 Å². The summed E-state index contributed by atoms with van der Waals surface area (Å²) in [7, 11) is 0. The standard InChI is InChI=1S/C18H24N2O3/c1-11(2)8-16(18(22)23)20-17(21)7-5-13-10-19-15-6-4-12(3)9-14(13)15/h4,6,9-11,16,19H,5,7-8H2,1-3H3,(H,20,21)(H,22,23)/t16-/m0/s1. The summed E-state index contributed by atoms with van der Waals surface area (Å²) in [6.45, 7) is 5.92. The number of aromatic nitrogens is 1. The molecule has 1 aromatic heterocycles. The van der Waals surface area contributed by atoms with Gasteiger partial charge in [-0.1, -0.05) is 25.5 Å². The Morgan fingerprint density at radius 1 is 1.30 bits per heavy atom. The van der Waals surface area contributed by atoms with Gasteiger partial charge in [0.15, 0.2) is 0 Å². The van der Waals surface area contributed by atoms with E-state index in [0.29, 0.717) is 12.8 Å². The Morgan fingerprint density at radius 2 is 2.04 bits per heavy atom. The topological polar surface area (TPSA) is 82.2 Å². The molecule has 1 atom stereocenters. The molecule has 2 rings (SSSR count). The molecule has 0 fully saturated rings. The molecule has 0 radical (unpaired) electrons. The van der Waals surface area contributed by atoms with Gasteiger partial charge in [0.2, 0.25) is 5.91 Å². The van der Waals surface area contributed by atoms with Crippen LogP contribution in [-0.2, 0) is 16.0 Å². The number of carboxylic acids is 1. The molecule has 0 saturated heterocycles. The van der Waals surface area contributed by atoms with Gasteiger partial charge < -0.3 is 15.4 Å². The first-order valence-corrected chi connectivity index (χ1v) is 7.95. The first-order valence-electron chi connectivity index (χ1n) is 7.95. The number of carboxylic acid groups (broad SMARTS) is 1. The zero-order valence-electron chi connectivity index (χ0n) is 13.8. The van der Waals surface area contributed by atoms with Crippen LogP contribution in [0.4, 0.5) is 0 Å². The zero-order chi connectivity index (χ0) is 17.0. The quantitative estimate of drug-likeness (QED) is 0.734. The number of amides is 1. The van der Waals surface area contributed by atoms with Crippen molar-refractivity contribution in [3.63, 3.8) is 0 Å². The minimum Gasteiger partial charge on any atom is -0.480 e. The van der Waals surface area contributed by atoms with Crippen molar-refractivity contribution in [2.75, 3.05) is 0 Å². The van der Waals surface area contributed by atoms with Crippen molar-refractivity contribution in [3.8, 4) is 0 Å². The van der Waals surface area contributed by atoms with E-state index < -0.39 is 12.0 Å². The smallest absolute Gasteiger partial charge is 0.326 e. The molecule has 0 bridgehead atoms. The number of aryl methyl sites for hydroxylation is 2. The monoisotopic (exact) mass is 316 g/mol. The SMILES string of the molecule is Cc1ccc2[nH]cc(CCC(=O)N[C@@H](CC(C)C)C(=O)O)c2c1. The van der Waals surface area contributed by atoms with E-state index in [2.05, 4.69) is 16.4 Å². The van der Waals surface area contributed by atoms with Crippen molar-refractivity contribution in [2.24, 2.45) is 5.92 Å². The average molecular weight is 316 g/mol. The third-order valence-corrected chi connectivity index (χ3v) is 3.88. The third kappa shape index (κ3) is 4.58. The largest absolute Gasteiger partial charge is 0.480 e. The van der Waals surface area contributed by atoms with Crippen LogP contribution in [0.15, 0.2) is 24.4 Å². The highest BCUT2D eigenvalue weighted by Gasteiger charge is 2.21.